The molecular weight excluding hydrogens is 634 g/mol. The molecule has 0 bridgehead atoms. The van der Waals surface area contributed by atoms with Gasteiger partial charge in [-0.3, -0.25) is 4.79 Å². The van der Waals surface area contributed by atoms with Crippen molar-refractivity contribution in [2.45, 2.75) is 13.0 Å². The molecule has 2 heterocycles. The van der Waals surface area contributed by atoms with E-state index >= 15 is 0 Å². The first kappa shape index (κ1) is 26.6. The van der Waals surface area contributed by atoms with Gasteiger partial charge in [0.2, 0.25) is 5.82 Å². The minimum absolute atomic E-state index is 0.217. The van der Waals surface area contributed by atoms with E-state index in [1.54, 1.807) is 43.3 Å². The second kappa shape index (κ2) is 11.0. The lowest BCUT2D eigenvalue weighted by Gasteiger charge is -2.17. The zero-order valence-electron chi connectivity index (χ0n) is 21.0. The third kappa shape index (κ3) is 5.32. The molecule has 1 atom stereocenters. The summed E-state index contributed by atoms with van der Waals surface area (Å²) >= 11 is 6.93. The summed E-state index contributed by atoms with van der Waals surface area (Å²) in [6.07, 6.45) is 0.514. The zero-order valence-corrected chi connectivity index (χ0v) is 24.1. The number of ether oxygens (including phenoxy) is 3. The van der Waals surface area contributed by atoms with Crippen molar-refractivity contribution in [1.82, 2.24) is 9.66 Å². The number of methoxy groups -OCH3 is 2. The molecule has 0 amide bonds. The van der Waals surface area contributed by atoms with Gasteiger partial charge in [0.25, 0.3) is 5.56 Å². The molecule has 0 spiro atoms. The van der Waals surface area contributed by atoms with Crippen LogP contribution in [0.1, 0.15) is 12.5 Å². The fourth-order valence-electron chi connectivity index (χ4n) is 3.99. The number of halogens is 2. The van der Waals surface area contributed by atoms with E-state index < -0.39 is 12.1 Å². The number of esters is 1. The minimum atomic E-state index is -0.923. The minimum Gasteiger partial charge on any atom is -0.493 e. The van der Waals surface area contributed by atoms with Crippen LogP contribution in [0.15, 0.2) is 83.9 Å². The Labute approximate surface area is 239 Å². The van der Waals surface area contributed by atoms with Gasteiger partial charge in [-0.05, 0) is 55.5 Å². The summed E-state index contributed by atoms with van der Waals surface area (Å²) < 4.78 is 25.0. The highest BCUT2D eigenvalue weighted by atomic mass is 79.9. The number of furan rings is 1. The molecule has 0 saturated heterocycles. The fourth-order valence-corrected chi connectivity index (χ4v) is 4.82. The van der Waals surface area contributed by atoms with Crippen LogP contribution in [0.25, 0.3) is 33.5 Å². The Bertz CT molecular complexity index is 1810. The summed E-state index contributed by atoms with van der Waals surface area (Å²) in [5.74, 6) is 0.630. The Morgan fingerprint density at radius 1 is 1.08 bits per heavy atom. The molecule has 198 valence electrons. The molecule has 0 fully saturated rings. The number of hydrogen-bond acceptors (Lipinski definition) is 8. The van der Waals surface area contributed by atoms with Crippen LogP contribution in [0.5, 0.6) is 11.5 Å². The Morgan fingerprint density at radius 3 is 2.64 bits per heavy atom. The molecule has 0 unspecified atom stereocenters. The Morgan fingerprint density at radius 2 is 1.87 bits per heavy atom. The molecule has 0 aliphatic carbocycles. The number of carbonyl (C=O) groups is 1. The number of para-hydroxylation sites is 1. The van der Waals surface area contributed by atoms with Gasteiger partial charge < -0.3 is 18.6 Å². The molecule has 39 heavy (non-hydrogen) atoms. The van der Waals surface area contributed by atoms with Crippen LogP contribution < -0.4 is 15.0 Å². The number of hydrogen-bond donors (Lipinski definition) is 0. The van der Waals surface area contributed by atoms with Crippen LogP contribution >= 0.6 is 31.9 Å². The number of benzene rings is 3. The van der Waals surface area contributed by atoms with E-state index in [1.807, 2.05) is 24.3 Å². The summed E-state index contributed by atoms with van der Waals surface area (Å²) in [7, 11) is 2.76. The third-order valence-corrected chi connectivity index (χ3v) is 6.81. The van der Waals surface area contributed by atoms with Crippen molar-refractivity contribution in [2.75, 3.05) is 14.2 Å². The molecule has 0 aliphatic rings. The maximum Gasteiger partial charge on any atom is 0.346 e. The van der Waals surface area contributed by atoms with E-state index in [-0.39, 0.29) is 17.1 Å². The highest BCUT2D eigenvalue weighted by Crippen LogP contribution is 2.35. The highest BCUT2D eigenvalue weighted by Gasteiger charge is 2.21. The van der Waals surface area contributed by atoms with Gasteiger partial charge in [-0.1, -0.05) is 44.0 Å². The molecule has 0 aliphatic heterocycles. The van der Waals surface area contributed by atoms with Gasteiger partial charge in [0.15, 0.2) is 23.4 Å². The van der Waals surface area contributed by atoms with Gasteiger partial charge in [0.05, 0.1) is 31.3 Å². The maximum absolute atomic E-state index is 13.6. The maximum atomic E-state index is 13.6. The summed E-state index contributed by atoms with van der Waals surface area (Å²) in [4.78, 5) is 30.4. The number of rotatable bonds is 7. The Hall–Kier alpha value is -3.96. The normalized spacial score (nSPS) is 12.2. The average molecular weight is 655 g/mol. The quantitative estimate of drug-likeness (QED) is 0.153. The lowest BCUT2D eigenvalue weighted by Crippen LogP contribution is -2.25. The first-order valence-corrected chi connectivity index (χ1v) is 13.2. The van der Waals surface area contributed by atoms with Crippen molar-refractivity contribution in [3.63, 3.8) is 0 Å². The van der Waals surface area contributed by atoms with Gasteiger partial charge in [-0.25, -0.2) is 9.78 Å². The highest BCUT2D eigenvalue weighted by molar-refractivity contribution is 9.10. The van der Waals surface area contributed by atoms with Crippen LogP contribution in [-0.4, -0.2) is 42.2 Å². The Kier molecular flexibility index (Phi) is 7.53. The second-order valence-corrected chi connectivity index (χ2v) is 10.2. The number of aromatic nitrogens is 2. The molecule has 0 radical (unpaired) electrons. The molecule has 2 aromatic heterocycles. The lowest BCUT2D eigenvalue weighted by atomic mass is 10.2. The van der Waals surface area contributed by atoms with Crippen LogP contribution in [-0.2, 0) is 9.53 Å². The molecule has 9 nitrogen and oxygen atoms in total. The first-order chi connectivity index (χ1) is 18.8. The first-order valence-electron chi connectivity index (χ1n) is 11.7. The lowest BCUT2D eigenvalue weighted by molar-refractivity contribution is -0.147. The topological polar surface area (TPSA) is 105 Å². The van der Waals surface area contributed by atoms with Crippen molar-refractivity contribution >= 4 is 65.9 Å². The molecule has 0 N–H and O–H groups in total. The second-order valence-electron chi connectivity index (χ2n) is 8.42. The van der Waals surface area contributed by atoms with Gasteiger partial charge in [-0.15, -0.1) is 0 Å². The number of fused-ring (bicyclic) bond motifs is 2. The summed E-state index contributed by atoms with van der Waals surface area (Å²) in [6, 6.07) is 17.8. The smallest absolute Gasteiger partial charge is 0.346 e. The molecule has 0 saturated carbocycles. The van der Waals surface area contributed by atoms with Crippen LogP contribution in [0.4, 0.5) is 0 Å². The van der Waals surface area contributed by atoms with E-state index in [9.17, 15) is 9.59 Å². The van der Waals surface area contributed by atoms with E-state index in [0.29, 0.717) is 38.0 Å². The van der Waals surface area contributed by atoms with Crippen molar-refractivity contribution < 1.29 is 23.4 Å². The van der Waals surface area contributed by atoms with E-state index in [4.69, 9.17) is 23.6 Å². The van der Waals surface area contributed by atoms with Crippen molar-refractivity contribution in [1.29, 1.82) is 0 Å². The monoisotopic (exact) mass is 653 g/mol. The standard InChI is InChI=1S/C28H21Br2N3O6/c1-15(28(35)37-3)38-25-17(11-19(30)13-23(25)36-2)14-31-33-26(32-21-7-5-4-6-20(21)27(33)34)24-12-16-10-18(29)8-9-22(16)39-24/h4-15H,1-3H3/t15-/m1/s1. The average Bonchev–Trinajstić information content (AvgIpc) is 3.35. The van der Waals surface area contributed by atoms with E-state index in [2.05, 4.69) is 37.0 Å². The SMILES string of the molecule is COC(=O)[C@@H](C)Oc1c(C=Nn2c(-c3cc4cc(Br)ccc4o3)nc3ccccc3c2=O)cc(Br)cc1OC. The fraction of sp³-hybridized carbons (Fsp3) is 0.143. The van der Waals surface area contributed by atoms with E-state index in [0.717, 1.165) is 9.86 Å². The van der Waals surface area contributed by atoms with Crippen molar-refractivity contribution in [3.8, 4) is 23.1 Å². The van der Waals surface area contributed by atoms with Crippen molar-refractivity contribution in [3.05, 3.63) is 85.5 Å². The predicted octanol–water partition coefficient (Wildman–Crippen LogP) is 6.17. The summed E-state index contributed by atoms with van der Waals surface area (Å²) in [6.45, 7) is 1.56. The van der Waals surface area contributed by atoms with Crippen LogP contribution in [0, 0.1) is 0 Å². The van der Waals surface area contributed by atoms with Crippen LogP contribution in [0.2, 0.25) is 0 Å². The predicted molar refractivity (Wildman–Crippen MR) is 155 cm³/mol. The molecule has 5 aromatic rings. The van der Waals surface area contributed by atoms with Crippen molar-refractivity contribution in [2.24, 2.45) is 5.10 Å². The summed E-state index contributed by atoms with van der Waals surface area (Å²) in [5, 5.41) is 5.74. The van der Waals surface area contributed by atoms with Gasteiger partial charge in [0.1, 0.15) is 5.58 Å². The third-order valence-electron chi connectivity index (χ3n) is 5.86. The molecule has 5 rings (SSSR count). The van der Waals surface area contributed by atoms with Gasteiger partial charge in [-0.2, -0.15) is 9.78 Å². The van der Waals surface area contributed by atoms with Crippen LogP contribution in [0.3, 0.4) is 0 Å². The zero-order chi connectivity index (χ0) is 27.7. The number of nitrogens with zero attached hydrogens (tertiary/aromatic N) is 3. The number of carbonyl (C=O) groups excluding carboxylic acids is 1. The van der Waals surface area contributed by atoms with Gasteiger partial charge in [0, 0.05) is 19.9 Å². The largest absolute Gasteiger partial charge is 0.493 e. The Balaban J connectivity index is 1.69. The van der Waals surface area contributed by atoms with E-state index in [1.165, 1.54) is 25.1 Å². The summed E-state index contributed by atoms with van der Waals surface area (Å²) in [5.41, 5.74) is 1.19. The molecule has 11 heteroatoms. The molecule has 3 aromatic carbocycles. The molecular formula is C28H21Br2N3O6. The van der Waals surface area contributed by atoms with Gasteiger partial charge >= 0.3 is 5.97 Å².